The van der Waals surface area contributed by atoms with Crippen LogP contribution in [0.2, 0.25) is 0 Å². The van der Waals surface area contributed by atoms with Crippen molar-refractivity contribution in [3.63, 3.8) is 0 Å². The zero-order valence-corrected chi connectivity index (χ0v) is 17.4. The molecule has 2 heterocycles. The molecule has 1 saturated heterocycles. The molecule has 0 unspecified atom stereocenters. The van der Waals surface area contributed by atoms with Gasteiger partial charge in [0.25, 0.3) is 0 Å². The lowest BCUT2D eigenvalue weighted by atomic mass is 9.96. The molecule has 0 spiro atoms. The number of para-hydroxylation sites is 2. The first-order valence-corrected chi connectivity index (χ1v) is 10.6. The fourth-order valence-electron chi connectivity index (χ4n) is 4.23. The zero-order chi connectivity index (χ0) is 20.2. The Labute approximate surface area is 172 Å². The van der Waals surface area contributed by atoms with Gasteiger partial charge in [0, 0.05) is 19.5 Å². The van der Waals surface area contributed by atoms with Gasteiger partial charge in [-0.25, -0.2) is 4.98 Å². The number of rotatable bonds is 6. The molecule has 1 aromatic heterocycles. The molecule has 0 radical (unpaired) electrons. The quantitative estimate of drug-likeness (QED) is 0.701. The predicted molar refractivity (Wildman–Crippen MR) is 117 cm³/mol. The summed E-state index contributed by atoms with van der Waals surface area (Å²) in [4.78, 5) is 19.7. The Morgan fingerprint density at radius 3 is 2.69 bits per heavy atom. The van der Waals surface area contributed by atoms with E-state index < -0.39 is 0 Å². The van der Waals surface area contributed by atoms with Gasteiger partial charge in [0.2, 0.25) is 5.91 Å². The van der Waals surface area contributed by atoms with E-state index in [9.17, 15) is 4.79 Å². The fraction of sp³-hybridized carbons (Fsp3) is 0.417. The van der Waals surface area contributed by atoms with Crippen molar-refractivity contribution in [3.8, 4) is 0 Å². The number of benzene rings is 2. The maximum Gasteiger partial charge on any atom is 0.223 e. The molecule has 1 fully saturated rings. The number of imidazole rings is 1. The van der Waals surface area contributed by atoms with Crippen LogP contribution in [0.5, 0.6) is 0 Å². The van der Waals surface area contributed by atoms with Gasteiger partial charge in [0.15, 0.2) is 0 Å². The molecule has 1 N–H and O–H groups in total. The number of amides is 1. The summed E-state index contributed by atoms with van der Waals surface area (Å²) in [6.07, 6.45) is 2.72. The lowest BCUT2D eigenvalue weighted by molar-refractivity contribution is -0.126. The van der Waals surface area contributed by atoms with E-state index in [2.05, 4.69) is 71.2 Å². The average molecular weight is 391 g/mol. The topological polar surface area (TPSA) is 50.2 Å². The number of hydrogen-bond acceptors (Lipinski definition) is 3. The molecule has 2 aromatic carbocycles. The largest absolute Gasteiger partial charge is 0.356 e. The molecule has 1 aliphatic rings. The molecule has 0 bridgehead atoms. The van der Waals surface area contributed by atoms with Crippen molar-refractivity contribution in [1.29, 1.82) is 0 Å². The molecule has 0 atom stereocenters. The number of carbonyl (C=O) groups excluding carboxylic acids is 1. The lowest BCUT2D eigenvalue weighted by Gasteiger charge is -2.31. The predicted octanol–water partition coefficient (Wildman–Crippen LogP) is 3.45. The van der Waals surface area contributed by atoms with Gasteiger partial charge in [-0.3, -0.25) is 9.69 Å². The van der Waals surface area contributed by atoms with Crippen LogP contribution in [0.3, 0.4) is 0 Å². The van der Waals surface area contributed by atoms with E-state index in [1.807, 2.05) is 6.07 Å². The fourth-order valence-corrected chi connectivity index (χ4v) is 4.23. The van der Waals surface area contributed by atoms with Crippen molar-refractivity contribution in [2.24, 2.45) is 13.0 Å². The summed E-state index contributed by atoms with van der Waals surface area (Å²) in [6.45, 7) is 5.54. The second kappa shape index (κ2) is 8.78. The van der Waals surface area contributed by atoms with Gasteiger partial charge in [0.1, 0.15) is 5.82 Å². The third kappa shape index (κ3) is 4.67. The highest BCUT2D eigenvalue weighted by molar-refractivity contribution is 5.78. The van der Waals surface area contributed by atoms with Crippen molar-refractivity contribution < 1.29 is 4.79 Å². The third-order valence-electron chi connectivity index (χ3n) is 6.00. The van der Waals surface area contributed by atoms with Crippen molar-refractivity contribution >= 4 is 16.9 Å². The zero-order valence-electron chi connectivity index (χ0n) is 17.4. The Kier molecular flexibility index (Phi) is 5.95. The van der Waals surface area contributed by atoms with Crippen LogP contribution >= 0.6 is 0 Å². The van der Waals surface area contributed by atoms with Crippen LogP contribution in [0.1, 0.15) is 29.8 Å². The standard InChI is InChI=1S/C24H30N4O/c1-18-6-5-7-19(16-18)10-13-25-24(29)20-11-14-28(15-12-20)17-23-26-21-8-3-4-9-22(21)27(23)2/h3-9,16,20H,10-15,17H2,1-2H3,(H,25,29). The highest BCUT2D eigenvalue weighted by Gasteiger charge is 2.25. The van der Waals surface area contributed by atoms with E-state index in [1.54, 1.807) is 0 Å². The summed E-state index contributed by atoms with van der Waals surface area (Å²) in [5, 5.41) is 3.14. The SMILES string of the molecule is Cc1cccc(CCNC(=O)C2CCN(Cc3nc4ccccc4n3C)CC2)c1. The van der Waals surface area contributed by atoms with Gasteiger partial charge < -0.3 is 9.88 Å². The van der Waals surface area contributed by atoms with Gasteiger partial charge in [0.05, 0.1) is 17.6 Å². The van der Waals surface area contributed by atoms with E-state index in [-0.39, 0.29) is 11.8 Å². The van der Waals surface area contributed by atoms with Crippen LogP contribution in [-0.2, 0) is 24.8 Å². The molecule has 152 valence electrons. The number of carbonyl (C=O) groups is 1. The number of piperidine rings is 1. The minimum atomic E-state index is 0.129. The smallest absolute Gasteiger partial charge is 0.223 e. The number of hydrogen-bond donors (Lipinski definition) is 1. The molecule has 1 aliphatic heterocycles. The summed E-state index contributed by atoms with van der Waals surface area (Å²) in [7, 11) is 2.08. The number of aryl methyl sites for hydroxylation is 2. The average Bonchev–Trinajstić information content (AvgIpc) is 3.04. The second-order valence-corrected chi connectivity index (χ2v) is 8.16. The number of fused-ring (bicyclic) bond motifs is 1. The molecule has 0 saturated carbocycles. The molecule has 1 amide bonds. The van der Waals surface area contributed by atoms with Gasteiger partial charge in [-0.05, 0) is 57.0 Å². The summed E-state index contributed by atoms with van der Waals surface area (Å²) in [5.74, 6) is 1.43. The second-order valence-electron chi connectivity index (χ2n) is 8.16. The van der Waals surface area contributed by atoms with E-state index >= 15 is 0 Å². The van der Waals surface area contributed by atoms with Crippen LogP contribution < -0.4 is 5.32 Å². The monoisotopic (exact) mass is 390 g/mol. The van der Waals surface area contributed by atoms with E-state index in [4.69, 9.17) is 4.98 Å². The molecule has 3 aromatic rings. The summed E-state index contributed by atoms with van der Waals surface area (Å²) in [6, 6.07) is 16.7. The first-order valence-electron chi connectivity index (χ1n) is 10.6. The Morgan fingerprint density at radius 2 is 1.93 bits per heavy atom. The van der Waals surface area contributed by atoms with Gasteiger partial charge in [-0.15, -0.1) is 0 Å². The van der Waals surface area contributed by atoms with Crippen molar-refractivity contribution in [2.75, 3.05) is 19.6 Å². The minimum absolute atomic E-state index is 0.129. The molecule has 29 heavy (non-hydrogen) atoms. The molecular formula is C24H30N4O. The van der Waals surface area contributed by atoms with Crippen LogP contribution in [0.15, 0.2) is 48.5 Å². The third-order valence-corrected chi connectivity index (χ3v) is 6.00. The molecular weight excluding hydrogens is 360 g/mol. The van der Waals surface area contributed by atoms with E-state index in [1.165, 1.54) is 16.6 Å². The normalized spacial score (nSPS) is 15.7. The van der Waals surface area contributed by atoms with Crippen LogP contribution in [0, 0.1) is 12.8 Å². The molecule has 5 nitrogen and oxygen atoms in total. The molecule has 5 heteroatoms. The van der Waals surface area contributed by atoms with E-state index in [0.29, 0.717) is 6.54 Å². The lowest BCUT2D eigenvalue weighted by Crippen LogP contribution is -2.41. The Bertz CT molecular complexity index is 985. The first kappa shape index (κ1) is 19.6. The maximum absolute atomic E-state index is 12.5. The summed E-state index contributed by atoms with van der Waals surface area (Å²) < 4.78 is 2.18. The maximum atomic E-state index is 12.5. The van der Waals surface area contributed by atoms with Crippen LogP contribution in [0.25, 0.3) is 11.0 Å². The van der Waals surface area contributed by atoms with Crippen LogP contribution in [0.4, 0.5) is 0 Å². The summed E-state index contributed by atoms with van der Waals surface area (Å²) in [5.41, 5.74) is 4.77. The summed E-state index contributed by atoms with van der Waals surface area (Å²) >= 11 is 0. The Morgan fingerprint density at radius 1 is 1.14 bits per heavy atom. The van der Waals surface area contributed by atoms with Crippen molar-refractivity contribution in [2.45, 2.75) is 32.7 Å². The van der Waals surface area contributed by atoms with Gasteiger partial charge >= 0.3 is 0 Å². The number of likely N-dealkylation sites (tertiary alicyclic amines) is 1. The number of aromatic nitrogens is 2. The number of nitrogens with one attached hydrogen (secondary N) is 1. The molecule has 0 aliphatic carbocycles. The number of nitrogens with zero attached hydrogens (tertiary/aromatic N) is 3. The first-order chi connectivity index (χ1) is 14.1. The Hall–Kier alpha value is -2.66. The van der Waals surface area contributed by atoms with Gasteiger partial charge in [-0.1, -0.05) is 42.0 Å². The highest BCUT2D eigenvalue weighted by Crippen LogP contribution is 2.21. The molecule has 4 rings (SSSR count). The van der Waals surface area contributed by atoms with Crippen LogP contribution in [-0.4, -0.2) is 40.0 Å². The Balaban J connectivity index is 1.24. The van der Waals surface area contributed by atoms with Crippen molar-refractivity contribution in [1.82, 2.24) is 19.8 Å². The minimum Gasteiger partial charge on any atom is -0.356 e. The van der Waals surface area contributed by atoms with Crippen molar-refractivity contribution in [3.05, 3.63) is 65.5 Å². The highest BCUT2D eigenvalue weighted by atomic mass is 16.1. The van der Waals surface area contributed by atoms with E-state index in [0.717, 1.165) is 50.2 Å². The van der Waals surface area contributed by atoms with Gasteiger partial charge in [-0.2, -0.15) is 0 Å².